The van der Waals surface area contributed by atoms with E-state index in [2.05, 4.69) is 10.0 Å². The summed E-state index contributed by atoms with van der Waals surface area (Å²) in [6.07, 6.45) is 4.65. The number of hydrogen-bond donors (Lipinski definition) is 2. The van der Waals surface area contributed by atoms with Gasteiger partial charge in [-0.3, -0.25) is 0 Å². The van der Waals surface area contributed by atoms with E-state index < -0.39 is 10.0 Å². The Balaban J connectivity index is 2.16. The molecule has 0 spiro atoms. The van der Waals surface area contributed by atoms with Crippen molar-refractivity contribution in [3.63, 3.8) is 0 Å². The highest BCUT2D eigenvalue weighted by molar-refractivity contribution is 7.89. The van der Waals surface area contributed by atoms with Gasteiger partial charge in [0.25, 0.3) is 0 Å². The van der Waals surface area contributed by atoms with Crippen molar-refractivity contribution in [2.75, 3.05) is 26.0 Å². The third-order valence-electron chi connectivity index (χ3n) is 3.18. The third kappa shape index (κ3) is 5.81. The molecule has 0 saturated heterocycles. The molecule has 5 nitrogen and oxygen atoms in total. The van der Waals surface area contributed by atoms with Crippen molar-refractivity contribution < 1.29 is 13.2 Å². The summed E-state index contributed by atoms with van der Waals surface area (Å²) in [7, 11) is -1.33. The van der Waals surface area contributed by atoms with Gasteiger partial charge in [0.2, 0.25) is 10.0 Å². The van der Waals surface area contributed by atoms with Crippen LogP contribution in [-0.4, -0.2) is 46.5 Å². The first-order chi connectivity index (χ1) is 8.07. The van der Waals surface area contributed by atoms with E-state index in [0.717, 1.165) is 25.7 Å². The second-order valence-corrected chi connectivity index (χ2v) is 6.41. The van der Waals surface area contributed by atoms with E-state index in [1.165, 1.54) is 0 Å². The molecule has 0 aromatic carbocycles. The average molecular weight is 264 g/mol. The second-order valence-electron chi connectivity index (χ2n) is 4.48. The molecule has 17 heavy (non-hydrogen) atoms. The molecule has 1 aliphatic rings. The lowest BCUT2D eigenvalue weighted by Crippen LogP contribution is -2.39. The van der Waals surface area contributed by atoms with E-state index in [0.29, 0.717) is 25.2 Å². The highest BCUT2D eigenvalue weighted by Crippen LogP contribution is 2.20. The molecule has 1 rings (SSSR count). The Morgan fingerprint density at radius 2 is 1.88 bits per heavy atom. The summed E-state index contributed by atoms with van der Waals surface area (Å²) in [6, 6.07) is 0.443. The predicted octanol–water partition coefficient (Wildman–Crippen LogP) is 0.473. The minimum atomic E-state index is -3.09. The Morgan fingerprint density at radius 3 is 2.41 bits per heavy atom. The summed E-state index contributed by atoms with van der Waals surface area (Å²) >= 11 is 0. The number of sulfonamides is 1. The molecule has 0 bridgehead atoms. The topological polar surface area (TPSA) is 67.4 Å². The summed E-state index contributed by atoms with van der Waals surface area (Å²) in [5, 5.41) is 3.31. The fourth-order valence-corrected chi connectivity index (χ4v) is 3.16. The number of nitrogens with one attached hydrogen (secondary N) is 2. The van der Waals surface area contributed by atoms with E-state index in [4.69, 9.17) is 4.74 Å². The first-order valence-electron chi connectivity index (χ1n) is 6.31. The minimum absolute atomic E-state index is 0.158. The van der Waals surface area contributed by atoms with Gasteiger partial charge in [-0.25, -0.2) is 13.1 Å². The standard InChI is InChI=1S/C11H24N2O3S/c1-3-13-17(14,15)9-8-12-10-4-6-11(16-2)7-5-10/h10-13H,3-9H2,1-2H3. The second kappa shape index (κ2) is 7.31. The molecule has 102 valence electrons. The zero-order valence-electron chi connectivity index (χ0n) is 10.7. The molecule has 2 N–H and O–H groups in total. The molecule has 0 aromatic rings. The van der Waals surface area contributed by atoms with Crippen LogP contribution in [0.15, 0.2) is 0 Å². The summed E-state index contributed by atoms with van der Waals surface area (Å²) in [5.41, 5.74) is 0. The molecule has 0 atom stereocenters. The zero-order chi connectivity index (χ0) is 12.7. The summed E-state index contributed by atoms with van der Waals surface area (Å²) < 4.78 is 30.6. The van der Waals surface area contributed by atoms with Crippen molar-refractivity contribution in [1.29, 1.82) is 0 Å². The fourth-order valence-electron chi connectivity index (χ4n) is 2.19. The summed E-state index contributed by atoms with van der Waals surface area (Å²) in [4.78, 5) is 0. The summed E-state index contributed by atoms with van der Waals surface area (Å²) in [5.74, 6) is 0.158. The van der Waals surface area contributed by atoms with Gasteiger partial charge in [-0.1, -0.05) is 6.92 Å². The minimum Gasteiger partial charge on any atom is -0.381 e. The first kappa shape index (κ1) is 14.9. The van der Waals surface area contributed by atoms with Gasteiger partial charge in [-0.05, 0) is 25.7 Å². The fraction of sp³-hybridized carbons (Fsp3) is 1.00. The normalized spacial score (nSPS) is 26.0. The molecule has 1 aliphatic carbocycles. The van der Waals surface area contributed by atoms with Gasteiger partial charge in [0.15, 0.2) is 0 Å². The molecule has 1 saturated carbocycles. The monoisotopic (exact) mass is 264 g/mol. The molecule has 6 heteroatoms. The molecular weight excluding hydrogens is 240 g/mol. The van der Waals surface area contributed by atoms with E-state index in [9.17, 15) is 8.42 Å². The molecule has 0 aliphatic heterocycles. The Bertz CT molecular complexity index is 298. The van der Waals surface area contributed by atoms with Crippen LogP contribution in [0.3, 0.4) is 0 Å². The number of hydrogen-bond acceptors (Lipinski definition) is 4. The molecule has 0 unspecified atom stereocenters. The molecule has 0 aromatic heterocycles. The molecule has 0 radical (unpaired) electrons. The average Bonchev–Trinajstić information content (AvgIpc) is 2.29. The van der Waals surface area contributed by atoms with Gasteiger partial charge in [0, 0.05) is 26.2 Å². The highest BCUT2D eigenvalue weighted by atomic mass is 32.2. The smallest absolute Gasteiger partial charge is 0.212 e. The van der Waals surface area contributed by atoms with Crippen molar-refractivity contribution in [1.82, 2.24) is 10.0 Å². The lowest BCUT2D eigenvalue weighted by molar-refractivity contribution is 0.0628. The van der Waals surface area contributed by atoms with Crippen LogP contribution in [0.4, 0.5) is 0 Å². The molecule has 1 fully saturated rings. The number of methoxy groups -OCH3 is 1. The van der Waals surface area contributed by atoms with Crippen LogP contribution < -0.4 is 10.0 Å². The lowest BCUT2D eigenvalue weighted by atomic mass is 9.93. The Hall–Kier alpha value is -0.170. The lowest BCUT2D eigenvalue weighted by Gasteiger charge is -2.28. The zero-order valence-corrected chi connectivity index (χ0v) is 11.6. The van der Waals surface area contributed by atoms with Gasteiger partial charge < -0.3 is 10.1 Å². The Labute approximate surface area is 104 Å². The quantitative estimate of drug-likeness (QED) is 0.701. The molecular formula is C11H24N2O3S. The van der Waals surface area contributed by atoms with Crippen LogP contribution in [0.5, 0.6) is 0 Å². The van der Waals surface area contributed by atoms with Crippen LogP contribution in [0, 0.1) is 0 Å². The largest absolute Gasteiger partial charge is 0.381 e. The van der Waals surface area contributed by atoms with Gasteiger partial charge in [0.05, 0.1) is 11.9 Å². The van der Waals surface area contributed by atoms with Crippen LogP contribution >= 0.6 is 0 Å². The van der Waals surface area contributed by atoms with E-state index in [-0.39, 0.29) is 5.75 Å². The van der Waals surface area contributed by atoms with E-state index >= 15 is 0 Å². The highest BCUT2D eigenvalue weighted by Gasteiger charge is 2.20. The Morgan fingerprint density at radius 1 is 1.24 bits per heavy atom. The summed E-state index contributed by atoms with van der Waals surface area (Å²) in [6.45, 7) is 2.77. The van der Waals surface area contributed by atoms with E-state index in [1.54, 1.807) is 14.0 Å². The van der Waals surface area contributed by atoms with Crippen LogP contribution in [-0.2, 0) is 14.8 Å². The Kier molecular flexibility index (Phi) is 6.40. The van der Waals surface area contributed by atoms with Gasteiger partial charge in [0.1, 0.15) is 0 Å². The maximum Gasteiger partial charge on any atom is 0.212 e. The predicted molar refractivity (Wildman–Crippen MR) is 68.5 cm³/mol. The SMILES string of the molecule is CCNS(=O)(=O)CCNC1CCC(OC)CC1. The first-order valence-corrected chi connectivity index (χ1v) is 7.96. The van der Waals surface area contributed by atoms with E-state index in [1.807, 2.05) is 0 Å². The van der Waals surface area contributed by atoms with Crippen molar-refractivity contribution in [3.8, 4) is 0 Å². The van der Waals surface area contributed by atoms with Crippen molar-refractivity contribution >= 4 is 10.0 Å². The van der Waals surface area contributed by atoms with Crippen LogP contribution in [0.1, 0.15) is 32.6 Å². The maximum atomic E-state index is 11.4. The van der Waals surface area contributed by atoms with Crippen molar-refractivity contribution in [3.05, 3.63) is 0 Å². The molecule has 0 amide bonds. The van der Waals surface area contributed by atoms with Crippen molar-refractivity contribution in [2.45, 2.75) is 44.8 Å². The van der Waals surface area contributed by atoms with Gasteiger partial charge in [-0.2, -0.15) is 0 Å². The van der Waals surface area contributed by atoms with Crippen molar-refractivity contribution in [2.24, 2.45) is 0 Å². The van der Waals surface area contributed by atoms with Gasteiger partial charge in [-0.15, -0.1) is 0 Å². The molecule has 0 heterocycles. The van der Waals surface area contributed by atoms with Crippen LogP contribution in [0.25, 0.3) is 0 Å². The van der Waals surface area contributed by atoms with Gasteiger partial charge >= 0.3 is 0 Å². The third-order valence-corrected chi connectivity index (χ3v) is 4.65. The maximum absolute atomic E-state index is 11.4. The number of rotatable bonds is 7. The van der Waals surface area contributed by atoms with Crippen LogP contribution in [0.2, 0.25) is 0 Å². The number of ether oxygens (including phenoxy) is 1.